The van der Waals surface area contributed by atoms with Crippen LogP contribution in [0.15, 0.2) is 55.1 Å². The Bertz CT molecular complexity index is 951. The van der Waals surface area contributed by atoms with Gasteiger partial charge < -0.3 is 19.4 Å². The molecule has 0 aliphatic carbocycles. The Morgan fingerprint density at radius 1 is 1.19 bits per heavy atom. The molecule has 4 rings (SSSR count). The van der Waals surface area contributed by atoms with E-state index in [0.29, 0.717) is 17.1 Å². The van der Waals surface area contributed by atoms with Gasteiger partial charge in [-0.3, -0.25) is 4.79 Å². The first-order valence-corrected chi connectivity index (χ1v) is 8.41. The van der Waals surface area contributed by atoms with Crippen molar-refractivity contribution in [1.29, 1.82) is 0 Å². The zero-order valence-electron chi connectivity index (χ0n) is 14.6. The zero-order valence-corrected chi connectivity index (χ0v) is 14.6. The van der Waals surface area contributed by atoms with E-state index in [0.717, 1.165) is 16.8 Å². The lowest BCUT2D eigenvalue weighted by molar-refractivity contribution is 0.0939. The molecular formula is C20H19N3O3. The highest BCUT2D eigenvalue weighted by molar-refractivity contribution is 5.95. The number of amides is 1. The first-order chi connectivity index (χ1) is 12.6. The van der Waals surface area contributed by atoms with Gasteiger partial charge in [0.05, 0.1) is 12.4 Å². The molecule has 0 unspecified atom stereocenters. The summed E-state index contributed by atoms with van der Waals surface area (Å²) in [5.74, 6) is 1.11. The second kappa shape index (κ2) is 6.55. The molecule has 1 atom stereocenters. The maximum absolute atomic E-state index is 12.6. The molecule has 6 nitrogen and oxygen atoms in total. The average molecular weight is 349 g/mol. The minimum atomic E-state index is -0.152. The Kier molecular flexibility index (Phi) is 4.08. The number of benzene rings is 2. The van der Waals surface area contributed by atoms with Crippen LogP contribution in [0.4, 0.5) is 0 Å². The van der Waals surface area contributed by atoms with Crippen molar-refractivity contribution in [1.82, 2.24) is 14.9 Å². The van der Waals surface area contributed by atoms with Gasteiger partial charge in [-0.15, -0.1) is 0 Å². The molecule has 3 aromatic rings. The van der Waals surface area contributed by atoms with E-state index >= 15 is 0 Å². The lowest BCUT2D eigenvalue weighted by atomic mass is 10.0. The number of nitrogens with zero attached hydrogens (tertiary/aromatic N) is 2. The summed E-state index contributed by atoms with van der Waals surface area (Å²) < 4.78 is 12.6. The number of rotatable bonds is 4. The zero-order chi connectivity index (χ0) is 18.1. The van der Waals surface area contributed by atoms with Gasteiger partial charge in [0, 0.05) is 23.6 Å². The molecule has 0 fully saturated rings. The quantitative estimate of drug-likeness (QED) is 0.784. The molecule has 0 saturated carbocycles. The highest BCUT2D eigenvalue weighted by Crippen LogP contribution is 2.32. The first-order valence-electron chi connectivity index (χ1n) is 8.41. The maximum Gasteiger partial charge on any atom is 0.251 e. The third kappa shape index (κ3) is 3.01. The van der Waals surface area contributed by atoms with E-state index in [9.17, 15) is 4.79 Å². The summed E-state index contributed by atoms with van der Waals surface area (Å²) in [5, 5.41) is 3.04. The van der Waals surface area contributed by atoms with Crippen molar-refractivity contribution in [2.45, 2.75) is 19.9 Å². The molecule has 1 N–H and O–H groups in total. The molecule has 1 aromatic heterocycles. The summed E-state index contributed by atoms with van der Waals surface area (Å²) in [6.45, 7) is 4.21. The number of nitrogens with one attached hydrogen (secondary N) is 1. The molecule has 2 aromatic carbocycles. The Morgan fingerprint density at radius 3 is 2.85 bits per heavy atom. The van der Waals surface area contributed by atoms with Crippen LogP contribution < -0.4 is 14.8 Å². The van der Waals surface area contributed by atoms with Gasteiger partial charge in [-0.05, 0) is 49.2 Å². The number of carbonyl (C=O) groups is 1. The van der Waals surface area contributed by atoms with Crippen LogP contribution in [-0.4, -0.2) is 22.3 Å². The van der Waals surface area contributed by atoms with Crippen LogP contribution in [-0.2, 0) is 0 Å². The highest BCUT2D eigenvalue weighted by Gasteiger charge is 2.18. The van der Waals surface area contributed by atoms with Crippen LogP contribution in [0.2, 0.25) is 0 Å². The summed E-state index contributed by atoms with van der Waals surface area (Å²) in [7, 11) is 0. The summed E-state index contributed by atoms with van der Waals surface area (Å²) >= 11 is 0. The largest absolute Gasteiger partial charge is 0.454 e. The standard InChI is InChI=1S/C20H19N3O3/c1-13-3-4-15(9-17(13)23-8-7-21-11-23)14(2)22-20(24)16-5-6-18-19(10-16)26-12-25-18/h3-11,14H,12H2,1-2H3,(H,22,24)/t14-/m0/s1. The van der Waals surface area contributed by atoms with Crippen molar-refractivity contribution < 1.29 is 14.3 Å². The van der Waals surface area contributed by atoms with Crippen LogP contribution >= 0.6 is 0 Å². The number of ether oxygens (including phenoxy) is 2. The molecule has 1 amide bonds. The van der Waals surface area contributed by atoms with Gasteiger partial charge in [-0.25, -0.2) is 4.98 Å². The Morgan fingerprint density at radius 2 is 2.04 bits per heavy atom. The lowest BCUT2D eigenvalue weighted by Gasteiger charge is -2.17. The summed E-state index contributed by atoms with van der Waals surface area (Å²) in [6, 6.07) is 11.2. The fourth-order valence-electron chi connectivity index (χ4n) is 2.98. The molecule has 26 heavy (non-hydrogen) atoms. The normalized spacial score (nSPS) is 13.5. The third-order valence-electron chi connectivity index (χ3n) is 4.50. The second-order valence-corrected chi connectivity index (χ2v) is 6.28. The number of carbonyl (C=O) groups excluding carboxylic acids is 1. The summed E-state index contributed by atoms with van der Waals surface area (Å²) in [6.07, 6.45) is 5.42. The maximum atomic E-state index is 12.6. The van der Waals surface area contributed by atoms with E-state index in [1.807, 2.05) is 29.8 Å². The van der Waals surface area contributed by atoms with E-state index in [1.54, 1.807) is 30.7 Å². The summed E-state index contributed by atoms with van der Waals surface area (Å²) in [4.78, 5) is 16.7. The summed E-state index contributed by atoms with van der Waals surface area (Å²) in [5.41, 5.74) is 3.75. The first kappa shape index (κ1) is 16.2. The van der Waals surface area contributed by atoms with Crippen LogP contribution in [0.1, 0.15) is 34.5 Å². The molecule has 1 aliphatic heterocycles. The molecular weight excluding hydrogens is 330 g/mol. The number of hydrogen-bond acceptors (Lipinski definition) is 4. The van der Waals surface area contributed by atoms with Gasteiger partial charge in [0.25, 0.3) is 5.91 Å². The monoisotopic (exact) mass is 349 g/mol. The predicted octanol–water partition coefficient (Wildman–Crippen LogP) is 3.40. The van der Waals surface area contributed by atoms with Crippen LogP contribution in [0.5, 0.6) is 11.5 Å². The molecule has 1 aliphatic rings. The van der Waals surface area contributed by atoms with Gasteiger partial charge in [0.1, 0.15) is 0 Å². The SMILES string of the molecule is Cc1ccc([C@H](C)NC(=O)c2ccc3c(c2)OCO3)cc1-n1ccnc1. The van der Waals surface area contributed by atoms with Crippen molar-refractivity contribution in [3.05, 3.63) is 71.8 Å². The fraction of sp³-hybridized carbons (Fsp3) is 0.200. The number of fused-ring (bicyclic) bond motifs is 1. The van der Waals surface area contributed by atoms with Gasteiger partial charge in [0.2, 0.25) is 6.79 Å². The van der Waals surface area contributed by atoms with Crippen molar-refractivity contribution >= 4 is 5.91 Å². The number of hydrogen-bond donors (Lipinski definition) is 1. The molecule has 0 radical (unpaired) electrons. The number of imidazole rings is 1. The molecule has 0 spiro atoms. The highest BCUT2D eigenvalue weighted by atomic mass is 16.7. The van der Waals surface area contributed by atoms with Crippen LogP contribution in [0, 0.1) is 6.92 Å². The fourth-order valence-corrected chi connectivity index (χ4v) is 2.98. The third-order valence-corrected chi connectivity index (χ3v) is 4.50. The molecule has 0 saturated heterocycles. The molecule has 132 valence electrons. The Balaban J connectivity index is 1.54. The lowest BCUT2D eigenvalue weighted by Crippen LogP contribution is -2.26. The van der Waals surface area contributed by atoms with Gasteiger partial charge in [-0.1, -0.05) is 12.1 Å². The van der Waals surface area contributed by atoms with E-state index in [1.165, 1.54) is 0 Å². The van der Waals surface area contributed by atoms with E-state index in [2.05, 4.69) is 23.3 Å². The number of aryl methyl sites for hydroxylation is 1. The average Bonchev–Trinajstić information content (AvgIpc) is 3.33. The smallest absolute Gasteiger partial charge is 0.251 e. The number of aromatic nitrogens is 2. The van der Waals surface area contributed by atoms with Crippen molar-refractivity contribution in [2.75, 3.05) is 6.79 Å². The van der Waals surface area contributed by atoms with Crippen molar-refractivity contribution in [3.63, 3.8) is 0 Å². The molecule has 2 heterocycles. The van der Waals surface area contributed by atoms with E-state index in [-0.39, 0.29) is 18.7 Å². The van der Waals surface area contributed by atoms with Crippen molar-refractivity contribution in [3.8, 4) is 17.2 Å². The van der Waals surface area contributed by atoms with Crippen LogP contribution in [0.25, 0.3) is 5.69 Å². The van der Waals surface area contributed by atoms with E-state index < -0.39 is 0 Å². The van der Waals surface area contributed by atoms with E-state index in [4.69, 9.17) is 9.47 Å². The predicted molar refractivity (Wildman–Crippen MR) is 96.7 cm³/mol. The van der Waals surface area contributed by atoms with Gasteiger partial charge >= 0.3 is 0 Å². The minimum Gasteiger partial charge on any atom is -0.454 e. The van der Waals surface area contributed by atoms with Crippen LogP contribution in [0.3, 0.4) is 0 Å². The van der Waals surface area contributed by atoms with Crippen molar-refractivity contribution in [2.24, 2.45) is 0 Å². The Labute approximate surface area is 151 Å². The second-order valence-electron chi connectivity index (χ2n) is 6.28. The molecule has 0 bridgehead atoms. The Hall–Kier alpha value is -3.28. The minimum absolute atomic E-state index is 0.143. The molecule has 6 heteroatoms. The van der Waals surface area contributed by atoms with Gasteiger partial charge in [0.15, 0.2) is 11.5 Å². The van der Waals surface area contributed by atoms with Gasteiger partial charge in [-0.2, -0.15) is 0 Å². The topological polar surface area (TPSA) is 65.4 Å².